The topological polar surface area (TPSA) is 172 Å². The number of alkyl carbamates (subject to hydrolysis) is 1. The Labute approximate surface area is 130 Å². The van der Waals surface area contributed by atoms with Gasteiger partial charge in [-0.2, -0.15) is 0 Å². The summed E-state index contributed by atoms with van der Waals surface area (Å²) in [4.78, 5) is 54.6. The molecule has 130 valence electrons. The van der Waals surface area contributed by atoms with Crippen LogP contribution < -0.4 is 21.3 Å². The maximum Gasteiger partial charge on any atom is 0.407 e. The summed E-state index contributed by atoms with van der Waals surface area (Å²) in [5.41, 5.74) is 0. The predicted octanol–water partition coefficient (Wildman–Crippen LogP) is -3.25. The predicted molar refractivity (Wildman–Crippen MR) is 73.0 cm³/mol. The average molecular weight is 334 g/mol. The van der Waals surface area contributed by atoms with Gasteiger partial charge >= 0.3 is 12.1 Å². The van der Waals surface area contributed by atoms with E-state index in [1.165, 1.54) is 0 Å². The Morgan fingerprint density at radius 3 is 1.78 bits per heavy atom. The second-order valence-corrected chi connectivity index (χ2v) is 3.89. The van der Waals surface area contributed by atoms with Gasteiger partial charge in [-0.15, -0.1) is 0 Å². The summed E-state index contributed by atoms with van der Waals surface area (Å²) < 4.78 is 8.81. The number of carbonyl (C=O) groups excluding carboxylic acids is 4. The molecule has 0 aliphatic carbocycles. The minimum Gasteiger partial charge on any atom is -0.480 e. The summed E-state index contributed by atoms with van der Waals surface area (Å²) in [6.07, 6.45) is -0.786. The van der Waals surface area contributed by atoms with Crippen molar-refractivity contribution in [1.82, 2.24) is 21.3 Å². The molecule has 0 aromatic rings. The molecule has 0 aliphatic heterocycles. The molecule has 12 nitrogen and oxygen atoms in total. The van der Waals surface area contributed by atoms with Crippen molar-refractivity contribution in [3.8, 4) is 0 Å². The summed E-state index contributed by atoms with van der Waals surface area (Å²) in [6.45, 7) is -1.98. The van der Waals surface area contributed by atoms with Gasteiger partial charge in [0, 0.05) is 0 Å². The largest absolute Gasteiger partial charge is 0.480 e. The van der Waals surface area contributed by atoms with Crippen LogP contribution >= 0.6 is 0 Å². The Balaban J connectivity index is 3.69. The van der Waals surface area contributed by atoms with Gasteiger partial charge in [0.15, 0.2) is 0 Å². The summed E-state index contributed by atoms with van der Waals surface area (Å²) >= 11 is 0. The zero-order chi connectivity index (χ0) is 17.7. The van der Waals surface area contributed by atoms with Crippen molar-refractivity contribution < 1.29 is 38.6 Å². The Bertz CT molecular complexity index is 453. The van der Waals surface area contributed by atoms with E-state index in [-0.39, 0.29) is 26.4 Å². The number of nitrogens with one attached hydrogen (secondary N) is 4. The lowest BCUT2D eigenvalue weighted by Crippen LogP contribution is -2.44. The van der Waals surface area contributed by atoms with Crippen molar-refractivity contribution >= 4 is 29.8 Å². The maximum atomic E-state index is 11.3. The monoisotopic (exact) mass is 334 g/mol. The molecule has 0 aliphatic rings. The van der Waals surface area contributed by atoms with Gasteiger partial charge in [-0.25, -0.2) is 9.59 Å². The van der Waals surface area contributed by atoms with Gasteiger partial charge in [0.1, 0.15) is 19.9 Å². The molecule has 0 atom stereocenters. The molecular formula is C11H18N4O8. The first kappa shape index (κ1) is 20.1. The van der Waals surface area contributed by atoms with E-state index in [1.54, 1.807) is 0 Å². The lowest BCUT2D eigenvalue weighted by molar-refractivity contribution is -0.143. The van der Waals surface area contributed by atoms with E-state index >= 15 is 0 Å². The zero-order valence-electron chi connectivity index (χ0n) is 12.3. The molecule has 0 saturated carbocycles. The molecule has 0 radical (unpaired) electrons. The van der Waals surface area contributed by atoms with E-state index < -0.39 is 36.4 Å². The van der Waals surface area contributed by atoms with Crippen LogP contribution in [0.25, 0.3) is 0 Å². The molecule has 0 aromatic carbocycles. The minimum absolute atomic E-state index is 0.309. The number of methoxy groups -OCH3 is 1. The van der Waals surface area contributed by atoms with Gasteiger partial charge in [0.2, 0.25) is 17.7 Å². The third-order valence-electron chi connectivity index (χ3n) is 2.07. The highest BCUT2D eigenvalue weighted by Gasteiger charge is 2.08. The quantitative estimate of drug-likeness (QED) is 0.205. The van der Waals surface area contributed by atoms with Crippen molar-refractivity contribution in [3.05, 3.63) is 0 Å². The number of amides is 4. The van der Waals surface area contributed by atoms with Crippen LogP contribution in [0.5, 0.6) is 0 Å². The van der Waals surface area contributed by atoms with E-state index in [1.807, 2.05) is 0 Å². The normalized spacial score (nSPS) is 9.43. The molecule has 5 N–H and O–H groups in total. The first-order valence-electron chi connectivity index (χ1n) is 6.26. The molecule has 0 heterocycles. The first-order valence-corrected chi connectivity index (χ1v) is 6.26. The standard InChI is InChI=1S/C11H18N4O8/c1-22-11(21)14-4-8(17)12-2-7(16)13-3-9(18)15-6-23-5-10(19)20/h2-6H2,1H3,(H,12,17)(H,13,16)(H,14,21)(H,15,18)(H,19,20). The fourth-order valence-electron chi connectivity index (χ4n) is 1.04. The summed E-state index contributed by atoms with van der Waals surface area (Å²) in [6, 6.07) is 0. The third-order valence-corrected chi connectivity index (χ3v) is 2.07. The smallest absolute Gasteiger partial charge is 0.407 e. The lowest BCUT2D eigenvalue weighted by atomic mass is 10.5. The van der Waals surface area contributed by atoms with E-state index in [9.17, 15) is 24.0 Å². The number of carbonyl (C=O) groups is 5. The molecule has 0 saturated heterocycles. The fraction of sp³-hybridized carbons (Fsp3) is 0.545. The van der Waals surface area contributed by atoms with Crippen LogP contribution in [0, 0.1) is 0 Å². The molecule has 0 aromatic heterocycles. The number of rotatable bonds is 10. The molecule has 0 fully saturated rings. The second-order valence-electron chi connectivity index (χ2n) is 3.89. The number of hydrogen-bond donors (Lipinski definition) is 5. The number of carboxylic acids is 1. The first-order chi connectivity index (χ1) is 10.8. The molecule has 23 heavy (non-hydrogen) atoms. The highest BCUT2D eigenvalue weighted by Crippen LogP contribution is 1.74. The van der Waals surface area contributed by atoms with E-state index in [0.29, 0.717) is 0 Å². The fourth-order valence-corrected chi connectivity index (χ4v) is 1.04. The van der Waals surface area contributed by atoms with Crippen molar-refractivity contribution in [2.45, 2.75) is 0 Å². The van der Waals surface area contributed by atoms with Gasteiger partial charge in [0.25, 0.3) is 0 Å². The molecule has 0 unspecified atom stereocenters. The van der Waals surface area contributed by atoms with Crippen molar-refractivity contribution in [2.75, 3.05) is 40.1 Å². The van der Waals surface area contributed by atoms with Gasteiger partial charge in [-0.05, 0) is 0 Å². The summed E-state index contributed by atoms with van der Waals surface area (Å²) in [5, 5.41) is 17.0. The van der Waals surface area contributed by atoms with Crippen LogP contribution in [-0.4, -0.2) is 75.0 Å². The van der Waals surface area contributed by atoms with Crippen LogP contribution in [0.3, 0.4) is 0 Å². The molecule has 0 spiro atoms. The van der Waals surface area contributed by atoms with Gasteiger partial charge in [0.05, 0.1) is 20.2 Å². The molecule has 0 rings (SSSR count). The second kappa shape index (κ2) is 11.7. The third kappa shape index (κ3) is 12.6. The summed E-state index contributed by atoms with van der Waals surface area (Å²) in [5.74, 6) is -3.01. The van der Waals surface area contributed by atoms with Crippen LogP contribution in [0.4, 0.5) is 4.79 Å². The number of aliphatic carboxylic acids is 1. The molecule has 12 heteroatoms. The van der Waals surface area contributed by atoms with E-state index in [0.717, 1.165) is 7.11 Å². The Hall–Kier alpha value is -2.89. The van der Waals surface area contributed by atoms with Crippen LogP contribution in [0.15, 0.2) is 0 Å². The Morgan fingerprint density at radius 2 is 1.30 bits per heavy atom. The summed E-state index contributed by atoms with van der Waals surface area (Å²) in [7, 11) is 1.14. The lowest BCUT2D eigenvalue weighted by Gasteiger charge is -2.08. The maximum absolute atomic E-state index is 11.3. The van der Waals surface area contributed by atoms with Gasteiger partial charge in [-0.1, -0.05) is 0 Å². The van der Waals surface area contributed by atoms with Crippen LogP contribution in [-0.2, 0) is 28.7 Å². The van der Waals surface area contributed by atoms with Crippen molar-refractivity contribution in [3.63, 3.8) is 0 Å². The number of ether oxygens (including phenoxy) is 2. The Morgan fingerprint density at radius 1 is 0.826 bits per heavy atom. The van der Waals surface area contributed by atoms with Gasteiger partial charge < -0.3 is 35.8 Å². The average Bonchev–Trinajstić information content (AvgIpc) is 2.52. The molecule has 4 amide bonds. The highest BCUT2D eigenvalue weighted by molar-refractivity contribution is 5.89. The zero-order valence-corrected chi connectivity index (χ0v) is 12.3. The highest BCUT2D eigenvalue weighted by atomic mass is 16.5. The molecule has 0 bridgehead atoms. The van der Waals surface area contributed by atoms with Crippen LogP contribution in [0.1, 0.15) is 0 Å². The van der Waals surface area contributed by atoms with E-state index in [2.05, 4.69) is 30.7 Å². The van der Waals surface area contributed by atoms with Crippen molar-refractivity contribution in [1.29, 1.82) is 0 Å². The Kier molecular flexibility index (Phi) is 10.3. The molecular weight excluding hydrogens is 316 g/mol. The van der Waals surface area contributed by atoms with Crippen molar-refractivity contribution in [2.24, 2.45) is 0 Å². The van der Waals surface area contributed by atoms with Crippen LogP contribution in [0.2, 0.25) is 0 Å². The SMILES string of the molecule is COC(=O)NCC(=O)NCC(=O)NCC(=O)NCOCC(=O)O. The van der Waals surface area contributed by atoms with Gasteiger partial charge in [-0.3, -0.25) is 14.4 Å². The number of hydrogen-bond acceptors (Lipinski definition) is 7. The van der Waals surface area contributed by atoms with E-state index in [4.69, 9.17) is 5.11 Å². The minimum atomic E-state index is -1.18. The number of carboxylic acid groups (broad SMARTS) is 1.